The minimum Gasteiger partial charge on any atom is -0.491 e. The predicted molar refractivity (Wildman–Crippen MR) is 60.6 cm³/mol. The molecule has 0 radical (unpaired) electrons. The highest BCUT2D eigenvalue weighted by Crippen LogP contribution is 2.40. The SMILES string of the molecule is COc1c(N)cc2cc(C)[nH]c2c1OC. The van der Waals surface area contributed by atoms with Gasteiger partial charge in [0.15, 0.2) is 11.5 Å². The number of aryl methyl sites for hydroxylation is 1. The summed E-state index contributed by atoms with van der Waals surface area (Å²) >= 11 is 0. The highest BCUT2D eigenvalue weighted by atomic mass is 16.5. The number of aromatic amines is 1. The van der Waals surface area contributed by atoms with Crippen molar-refractivity contribution in [3.63, 3.8) is 0 Å². The zero-order valence-electron chi connectivity index (χ0n) is 9.05. The van der Waals surface area contributed by atoms with Crippen LogP contribution in [0.1, 0.15) is 5.69 Å². The van der Waals surface area contributed by atoms with Gasteiger partial charge in [-0.1, -0.05) is 0 Å². The molecule has 4 heteroatoms. The Hall–Kier alpha value is -1.84. The maximum atomic E-state index is 5.86. The number of nitrogen functional groups attached to an aromatic ring is 1. The van der Waals surface area contributed by atoms with Crippen molar-refractivity contribution >= 4 is 16.6 Å². The van der Waals surface area contributed by atoms with Gasteiger partial charge in [-0.25, -0.2) is 0 Å². The molecule has 0 fully saturated rings. The number of H-pyrrole nitrogens is 1. The molecule has 80 valence electrons. The Morgan fingerprint density at radius 2 is 1.80 bits per heavy atom. The van der Waals surface area contributed by atoms with Crippen LogP contribution >= 0.6 is 0 Å². The quantitative estimate of drug-likeness (QED) is 0.739. The Labute approximate surface area is 88.0 Å². The summed E-state index contributed by atoms with van der Waals surface area (Å²) in [5.41, 5.74) is 8.43. The van der Waals surface area contributed by atoms with Crippen LogP contribution in [0.25, 0.3) is 10.9 Å². The summed E-state index contributed by atoms with van der Waals surface area (Å²) < 4.78 is 10.5. The van der Waals surface area contributed by atoms with Gasteiger partial charge in [0.25, 0.3) is 0 Å². The third kappa shape index (κ3) is 1.38. The van der Waals surface area contributed by atoms with Crippen LogP contribution in [0.3, 0.4) is 0 Å². The number of anilines is 1. The summed E-state index contributed by atoms with van der Waals surface area (Å²) in [6, 6.07) is 3.90. The van der Waals surface area contributed by atoms with E-state index in [1.807, 2.05) is 19.1 Å². The molecule has 0 aliphatic carbocycles. The molecule has 0 atom stereocenters. The average Bonchev–Trinajstić information content (AvgIpc) is 2.55. The number of nitrogens with two attached hydrogens (primary N) is 1. The van der Waals surface area contributed by atoms with Crippen molar-refractivity contribution < 1.29 is 9.47 Å². The van der Waals surface area contributed by atoms with E-state index in [1.54, 1.807) is 14.2 Å². The van der Waals surface area contributed by atoms with Gasteiger partial charge in [0.05, 0.1) is 25.4 Å². The second-order valence-electron chi connectivity index (χ2n) is 3.45. The standard InChI is InChI=1S/C11H14N2O2/c1-6-4-7-5-8(12)10(14-2)11(15-3)9(7)13-6/h4-5,13H,12H2,1-3H3. The van der Waals surface area contributed by atoms with Crippen molar-refractivity contribution in [3.05, 3.63) is 17.8 Å². The lowest BCUT2D eigenvalue weighted by atomic mass is 10.2. The van der Waals surface area contributed by atoms with Gasteiger partial charge in [-0.15, -0.1) is 0 Å². The van der Waals surface area contributed by atoms with Crippen molar-refractivity contribution in [1.29, 1.82) is 0 Å². The summed E-state index contributed by atoms with van der Waals surface area (Å²) in [4.78, 5) is 3.22. The van der Waals surface area contributed by atoms with Crippen molar-refractivity contribution in [2.24, 2.45) is 0 Å². The normalized spacial score (nSPS) is 10.6. The summed E-state index contributed by atoms with van der Waals surface area (Å²) in [6.07, 6.45) is 0. The summed E-state index contributed by atoms with van der Waals surface area (Å²) in [5, 5.41) is 1.03. The second-order valence-corrected chi connectivity index (χ2v) is 3.45. The Morgan fingerprint density at radius 1 is 1.13 bits per heavy atom. The lowest BCUT2D eigenvalue weighted by Gasteiger charge is -2.10. The molecule has 0 saturated carbocycles. The largest absolute Gasteiger partial charge is 0.491 e. The van der Waals surface area contributed by atoms with Crippen LogP contribution in [0.5, 0.6) is 11.5 Å². The molecule has 1 heterocycles. The van der Waals surface area contributed by atoms with Gasteiger partial charge in [-0.2, -0.15) is 0 Å². The number of benzene rings is 1. The summed E-state index contributed by atoms with van der Waals surface area (Å²) in [7, 11) is 3.18. The lowest BCUT2D eigenvalue weighted by Crippen LogP contribution is -1.96. The molecule has 0 spiro atoms. The number of ether oxygens (including phenoxy) is 2. The minimum absolute atomic E-state index is 0.576. The third-order valence-corrected chi connectivity index (χ3v) is 2.40. The fourth-order valence-electron chi connectivity index (χ4n) is 1.80. The Morgan fingerprint density at radius 3 is 2.40 bits per heavy atom. The molecule has 0 saturated heterocycles. The van der Waals surface area contributed by atoms with E-state index in [1.165, 1.54) is 0 Å². The molecule has 2 rings (SSSR count). The van der Waals surface area contributed by atoms with Crippen LogP contribution in [0, 0.1) is 6.92 Å². The monoisotopic (exact) mass is 206 g/mol. The van der Waals surface area contributed by atoms with E-state index in [0.717, 1.165) is 16.6 Å². The van der Waals surface area contributed by atoms with Gasteiger partial charge >= 0.3 is 0 Å². The van der Waals surface area contributed by atoms with Crippen LogP contribution < -0.4 is 15.2 Å². The van der Waals surface area contributed by atoms with Crippen molar-refractivity contribution in [2.45, 2.75) is 6.92 Å². The van der Waals surface area contributed by atoms with Gasteiger partial charge in [-0.3, -0.25) is 0 Å². The van der Waals surface area contributed by atoms with Gasteiger partial charge < -0.3 is 20.2 Å². The molecule has 1 aromatic heterocycles. The average molecular weight is 206 g/mol. The number of hydrogen-bond donors (Lipinski definition) is 2. The first-order valence-electron chi connectivity index (χ1n) is 4.67. The lowest BCUT2D eigenvalue weighted by molar-refractivity contribution is 0.359. The number of hydrogen-bond acceptors (Lipinski definition) is 3. The van der Waals surface area contributed by atoms with Gasteiger partial charge in [0.2, 0.25) is 0 Å². The van der Waals surface area contributed by atoms with Gasteiger partial charge in [-0.05, 0) is 19.1 Å². The number of nitrogens with one attached hydrogen (secondary N) is 1. The number of rotatable bonds is 2. The first-order valence-corrected chi connectivity index (χ1v) is 4.67. The van der Waals surface area contributed by atoms with Crippen LogP contribution in [0.15, 0.2) is 12.1 Å². The second kappa shape index (κ2) is 3.38. The fourth-order valence-corrected chi connectivity index (χ4v) is 1.80. The van der Waals surface area contributed by atoms with E-state index in [2.05, 4.69) is 4.98 Å². The molecule has 4 nitrogen and oxygen atoms in total. The molecular formula is C11H14N2O2. The van der Waals surface area contributed by atoms with Crippen LogP contribution in [0.2, 0.25) is 0 Å². The third-order valence-electron chi connectivity index (χ3n) is 2.40. The Bertz CT molecular complexity index is 503. The highest BCUT2D eigenvalue weighted by molar-refractivity contribution is 5.93. The van der Waals surface area contributed by atoms with Crippen LogP contribution in [0.4, 0.5) is 5.69 Å². The Kier molecular flexibility index (Phi) is 2.19. The predicted octanol–water partition coefficient (Wildman–Crippen LogP) is 2.08. The summed E-state index contributed by atoms with van der Waals surface area (Å²) in [5.74, 6) is 1.23. The summed E-state index contributed by atoms with van der Waals surface area (Å²) in [6.45, 7) is 1.99. The molecule has 0 aliphatic rings. The number of methoxy groups -OCH3 is 2. The zero-order valence-corrected chi connectivity index (χ0v) is 9.05. The minimum atomic E-state index is 0.576. The van der Waals surface area contributed by atoms with Gasteiger partial charge in [0, 0.05) is 11.1 Å². The molecule has 0 aliphatic heterocycles. The van der Waals surface area contributed by atoms with E-state index >= 15 is 0 Å². The highest BCUT2D eigenvalue weighted by Gasteiger charge is 2.14. The van der Waals surface area contributed by atoms with Crippen molar-refractivity contribution in [3.8, 4) is 11.5 Å². The molecule has 1 aromatic carbocycles. The first kappa shape index (κ1) is 9.71. The molecule has 2 aromatic rings. The van der Waals surface area contributed by atoms with Crippen LogP contribution in [-0.4, -0.2) is 19.2 Å². The topological polar surface area (TPSA) is 60.3 Å². The van der Waals surface area contributed by atoms with E-state index < -0.39 is 0 Å². The molecular weight excluding hydrogens is 192 g/mol. The maximum absolute atomic E-state index is 5.86. The van der Waals surface area contributed by atoms with Crippen LogP contribution in [-0.2, 0) is 0 Å². The van der Waals surface area contributed by atoms with E-state index in [9.17, 15) is 0 Å². The van der Waals surface area contributed by atoms with E-state index in [0.29, 0.717) is 17.2 Å². The van der Waals surface area contributed by atoms with Crippen molar-refractivity contribution in [2.75, 3.05) is 20.0 Å². The van der Waals surface area contributed by atoms with E-state index in [4.69, 9.17) is 15.2 Å². The molecule has 0 amide bonds. The van der Waals surface area contributed by atoms with Gasteiger partial charge in [0.1, 0.15) is 0 Å². The van der Waals surface area contributed by atoms with Crippen molar-refractivity contribution in [1.82, 2.24) is 4.98 Å². The molecule has 3 N–H and O–H groups in total. The number of fused-ring (bicyclic) bond motifs is 1. The molecule has 0 unspecified atom stereocenters. The molecule has 15 heavy (non-hydrogen) atoms. The Balaban J connectivity index is 2.83. The molecule has 0 bridgehead atoms. The first-order chi connectivity index (χ1) is 7.17. The number of aromatic nitrogens is 1. The maximum Gasteiger partial charge on any atom is 0.187 e. The zero-order chi connectivity index (χ0) is 11.0. The fraction of sp³-hybridized carbons (Fsp3) is 0.273. The van der Waals surface area contributed by atoms with E-state index in [-0.39, 0.29) is 0 Å². The smallest absolute Gasteiger partial charge is 0.187 e.